The quantitative estimate of drug-likeness (QED) is 0.715. The summed E-state index contributed by atoms with van der Waals surface area (Å²) >= 11 is 0. The van der Waals surface area contributed by atoms with Crippen LogP contribution in [0.4, 0.5) is 18.9 Å². The molecule has 1 heterocycles. The number of nitrogens with zero attached hydrogens (tertiary/aromatic N) is 1. The summed E-state index contributed by atoms with van der Waals surface area (Å²) in [7, 11) is 0. The van der Waals surface area contributed by atoms with Crippen molar-refractivity contribution < 1.29 is 32.2 Å². The van der Waals surface area contributed by atoms with Gasteiger partial charge in [0, 0.05) is 24.5 Å². The molecule has 28 heavy (non-hydrogen) atoms. The molecular weight excluding hydrogens is 379 g/mol. The van der Waals surface area contributed by atoms with E-state index in [9.17, 15) is 22.8 Å². The van der Waals surface area contributed by atoms with Crippen LogP contribution >= 0.6 is 0 Å². The molecule has 7 nitrogen and oxygen atoms in total. The van der Waals surface area contributed by atoms with Crippen LogP contribution in [0.3, 0.4) is 0 Å². The van der Waals surface area contributed by atoms with E-state index in [1.807, 2.05) is 0 Å². The number of carbonyl (C=O) groups is 2. The van der Waals surface area contributed by atoms with E-state index in [2.05, 4.69) is 20.4 Å². The molecule has 0 bridgehead atoms. The summed E-state index contributed by atoms with van der Waals surface area (Å²) in [6.07, 6.45) is -3.35. The Balaban J connectivity index is 1.87. The number of likely N-dealkylation sites (N-methyl/N-ethyl adjacent to an activating group) is 1. The molecule has 0 unspecified atom stereocenters. The van der Waals surface area contributed by atoms with Gasteiger partial charge in [0.1, 0.15) is 5.75 Å². The van der Waals surface area contributed by atoms with Crippen LogP contribution in [-0.4, -0.2) is 42.7 Å². The van der Waals surface area contributed by atoms with Gasteiger partial charge >= 0.3 is 6.18 Å². The summed E-state index contributed by atoms with van der Waals surface area (Å²) in [4.78, 5) is 27.2. The Hall–Kier alpha value is -3.30. The maximum absolute atomic E-state index is 12.2. The number of carbonyl (C=O) groups excluding carboxylic acids is 2. The number of nitrogens with one attached hydrogen (secondary N) is 2. The highest BCUT2D eigenvalue weighted by molar-refractivity contribution is 6.04. The molecular formula is C18H18F3N3O4. The van der Waals surface area contributed by atoms with Crippen LogP contribution in [0.2, 0.25) is 0 Å². The van der Waals surface area contributed by atoms with E-state index in [1.54, 1.807) is 31.2 Å². The van der Waals surface area contributed by atoms with Gasteiger partial charge in [0.15, 0.2) is 13.2 Å². The number of rotatable bonds is 8. The molecule has 2 rings (SSSR count). The number of hydrogen-bond donors (Lipinski definition) is 2. The van der Waals surface area contributed by atoms with Crippen LogP contribution in [0, 0.1) is 0 Å². The van der Waals surface area contributed by atoms with Crippen molar-refractivity contribution in [1.29, 1.82) is 0 Å². The number of alkyl halides is 3. The molecule has 10 heteroatoms. The van der Waals surface area contributed by atoms with Crippen molar-refractivity contribution in [1.82, 2.24) is 10.3 Å². The smallest absolute Gasteiger partial charge is 0.422 e. The second-order valence-electron chi connectivity index (χ2n) is 5.51. The van der Waals surface area contributed by atoms with Crippen molar-refractivity contribution in [3.8, 4) is 11.6 Å². The summed E-state index contributed by atoms with van der Waals surface area (Å²) in [6, 6.07) is 8.82. The van der Waals surface area contributed by atoms with Crippen LogP contribution in [-0.2, 0) is 4.79 Å². The summed E-state index contributed by atoms with van der Waals surface area (Å²) in [5.41, 5.74) is 0.615. The Kier molecular flexibility index (Phi) is 7.19. The molecule has 0 aliphatic rings. The first-order valence-corrected chi connectivity index (χ1v) is 8.23. The molecule has 0 fully saturated rings. The van der Waals surface area contributed by atoms with E-state index < -0.39 is 18.7 Å². The summed E-state index contributed by atoms with van der Waals surface area (Å²) in [5.74, 6) is -0.513. The van der Waals surface area contributed by atoms with Crippen molar-refractivity contribution in [2.45, 2.75) is 13.1 Å². The first kappa shape index (κ1) is 21.0. The van der Waals surface area contributed by atoms with Gasteiger partial charge in [-0.1, -0.05) is 0 Å². The average Bonchev–Trinajstić information content (AvgIpc) is 2.66. The van der Waals surface area contributed by atoms with Gasteiger partial charge in [0.05, 0.1) is 5.56 Å². The topological polar surface area (TPSA) is 89.6 Å². The van der Waals surface area contributed by atoms with Crippen LogP contribution in [0.25, 0.3) is 0 Å². The molecule has 0 saturated carbocycles. The number of benzene rings is 1. The van der Waals surface area contributed by atoms with Gasteiger partial charge in [0.25, 0.3) is 11.8 Å². The van der Waals surface area contributed by atoms with Gasteiger partial charge in [-0.25, -0.2) is 4.98 Å². The molecule has 1 aromatic heterocycles. The zero-order chi connectivity index (χ0) is 20.6. The normalized spacial score (nSPS) is 10.9. The van der Waals surface area contributed by atoms with Gasteiger partial charge < -0.3 is 20.1 Å². The van der Waals surface area contributed by atoms with Gasteiger partial charge in [-0.2, -0.15) is 13.2 Å². The van der Waals surface area contributed by atoms with Crippen molar-refractivity contribution in [2.24, 2.45) is 0 Å². The summed E-state index contributed by atoms with van der Waals surface area (Å²) in [5, 5.41) is 5.21. The maximum atomic E-state index is 12.2. The Bertz CT molecular complexity index is 793. The van der Waals surface area contributed by atoms with Crippen molar-refractivity contribution in [3.05, 3.63) is 48.2 Å². The first-order valence-electron chi connectivity index (χ1n) is 8.23. The van der Waals surface area contributed by atoms with Crippen LogP contribution in [0.5, 0.6) is 11.6 Å². The van der Waals surface area contributed by atoms with Gasteiger partial charge in [0.2, 0.25) is 5.88 Å². The fourth-order valence-electron chi connectivity index (χ4n) is 1.99. The fraction of sp³-hybridized carbons (Fsp3) is 0.278. The number of hydrogen-bond acceptors (Lipinski definition) is 5. The molecule has 0 aliphatic carbocycles. The van der Waals surface area contributed by atoms with E-state index in [-0.39, 0.29) is 24.0 Å². The van der Waals surface area contributed by atoms with Gasteiger partial charge in [-0.3, -0.25) is 9.59 Å². The molecule has 150 valence electrons. The molecule has 2 N–H and O–H groups in total. The lowest BCUT2D eigenvalue weighted by Gasteiger charge is -2.09. The predicted molar refractivity (Wildman–Crippen MR) is 94.4 cm³/mol. The van der Waals surface area contributed by atoms with Crippen molar-refractivity contribution >= 4 is 17.5 Å². The lowest BCUT2D eigenvalue weighted by molar-refractivity contribution is -0.154. The van der Waals surface area contributed by atoms with Crippen LogP contribution < -0.4 is 20.1 Å². The summed E-state index contributed by atoms with van der Waals surface area (Å²) < 4.78 is 46.1. The highest BCUT2D eigenvalue weighted by Crippen LogP contribution is 2.18. The average molecular weight is 397 g/mol. The third-order valence-electron chi connectivity index (χ3n) is 3.24. The van der Waals surface area contributed by atoms with Crippen LogP contribution in [0.15, 0.2) is 42.6 Å². The second kappa shape index (κ2) is 9.58. The molecule has 1 aromatic carbocycles. The number of pyridine rings is 1. The van der Waals surface area contributed by atoms with Crippen molar-refractivity contribution in [2.75, 3.05) is 25.1 Å². The number of anilines is 1. The van der Waals surface area contributed by atoms with E-state index in [4.69, 9.17) is 4.74 Å². The maximum Gasteiger partial charge on any atom is 0.422 e. The molecule has 0 spiro atoms. The van der Waals surface area contributed by atoms with E-state index in [1.165, 1.54) is 12.1 Å². The van der Waals surface area contributed by atoms with E-state index >= 15 is 0 Å². The number of amides is 2. The predicted octanol–water partition coefficient (Wildman–Crippen LogP) is 2.79. The Labute approximate surface area is 158 Å². The van der Waals surface area contributed by atoms with Gasteiger partial charge in [-0.15, -0.1) is 0 Å². The fourth-order valence-corrected chi connectivity index (χ4v) is 1.99. The summed E-state index contributed by atoms with van der Waals surface area (Å²) in [6.45, 7) is 0.736. The highest BCUT2D eigenvalue weighted by atomic mass is 19.4. The Morgan fingerprint density at radius 3 is 2.36 bits per heavy atom. The second-order valence-corrected chi connectivity index (χ2v) is 5.51. The molecule has 0 aliphatic heterocycles. The zero-order valence-corrected chi connectivity index (χ0v) is 14.9. The number of ether oxygens (including phenoxy) is 2. The molecule has 2 amide bonds. The third kappa shape index (κ3) is 7.14. The third-order valence-corrected chi connectivity index (χ3v) is 3.24. The first-order chi connectivity index (χ1) is 13.3. The number of aromatic nitrogens is 1. The minimum Gasteiger partial charge on any atom is -0.484 e. The standard InChI is InChI=1S/C18H18F3N3O4/c1-2-22-15(25)10-27-14-6-4-13(5-7-14)24-17(26)12-3-8-16(23-9-12)28-11-18(19,20)21/h3-9H,2,10-11H2,1H3,(H,22,25)(H,24,26). The molecule has 0 atom stereocenters. The molecule has 0 radical (unpaired) electrons. The SMILES string of the molecule is CCNC(=O)COc1ccc(NC(=O)c2ccc(OCC(F)(F)F)nc2)cc1. The van der Waals surface area contributed by atoms with Gasteiger partial charge in [-0.05, 0) is 37.3 Å². The Morgan fingerprint density at radius 1 is 1.07 bits per heavy atom. The largest absolute Gasteiger partial charge is 0.484 e. The molecule has 2 aromatic rings. The lowest BCUT2D eigenvalue weighted by atomic mass is 10.2. The van der Waals surface area contributed by atoms with E-state index in [0.717, 1.165) is 6.20 Å². The Morgan fingerprint density at radius 2 is 1.79 bits per heavy atom. The molecule has 0 saturated heterocycles. The zero-order valence-electron chi connectivity index (χ0n) is 14.9. The number of halogens is 3. The monoisotopic (exact) mass is 397 g/mol. The highest BCUT2D eigenvalue weighted by Gasteiger charge is 2.28. The lowest BCUT2D eigenvalue weighted by Crippen LogP contribution is -2.28. The minimum absolute atomic E-state index is 0.117. The van der Waals surface area contributed by atoms with E-state index in [0.29, 0.717) is 18.0 Å². The van der Waals surface area contributed by atoms with Crippen LogP contribution in [0.1, 0.15) is 17.3 Å². The van der Waals surface area contributed by atoms with Crippen molar-refractivity contribution in [3.63, 3.8) is 0 Å². The minimum atomic E-state index is -4.46.